The number of piperazine rings is 1. The molecule has 0 spiro atoms. The Morgan fingerprint density at radius 3 is 2.48 bits per heavy atom. The van der Waals surface area contributed by atoms with E-state index in [4.69, 9.17) is 18.0 Å². The summed E-state index contributed by atoms with van der Waals surface area (Å²) in [6.45, 7) is 12.8. The molecule has 0 saturated carbocycles. The average Bonchev–Trinajstić information content (AvgIpc) is 2.45. The summed E-state index contributed by atoms with van der Waals surface area (Å²) in [5.41, 5.74) is 9.96. The van der Waals surface area contributed by atoms with Crippen LogP contribution in [-0.2, 0) is 0 Å². The molecule has 1 atom stereocenters. The summed E-state index contributed by atoms with van der Waals surface area (Å²) in [5.74, 6) is 0. The molecule has 1 unspecified atom stereocenters. The van der Waals surface area contributed by atoms with Crippen molar-refractivity contribution in [3.05, 3.63) is 23.0 Å². The standard InChI is InChI=1S/C16H26N4S/c1-5-12(3)19-6-8-20(9-7-19)14-10-11(2)18-13(4)15(14)16(17)21/h10,12H,5-9H2,1-4H3,(H2,17,21). The number of nitrogens with two attached hydrogens (primary N) is 1. The van der Waals surface area contributed by atoms with Crippen LogP contribution in [0.1, 0.15) is 37.2 Å². The molecule has 1 aliphatic heterocycles. The predicted molar refractivity (Wildman–Crippen MR) is 93.1 cm³/mol. The summed E-state index contributed by atoms with van der Waals surface area (Å²) in [6, 6.07) is 2.77. The molecule has 21 heavy (non-hydrogen) atoms. The molecule has 0 radical (unpaired) electrons. The maximum atomic E-state index is 5.92. The van der Waals surface area contributed by atoms with Crippen LogP contribution in [0.5, 0.6) is 0 Å². The van der Waals surface area contributed by atoms with Gasteiger partial charge >= 0.3 is 0 Å². The van der Waals surface area contributed by atoms with Crippen LogP contribution >= 0.6 is 12.2 Å². The van der Waals surface area contributed by atoms with Gasteiger partial charge < -0.3 is 10.6 Å². The van der Waals surface area contributed by atoms with Crippen LogP contribution in [0.4, 0.5) is 5.69 Å². The molecule has 0 amide bonds. The van der Waals surface area contributed by atoms with E-state index in [1.54, 1.807) is 0 Å². The number of anilines is 1. The maximum Gasteiger partial charge on any atom is 0.107 e. The lowest BCUT2D eigenvalue weighted by atomic mass is 10.1. The Balaban J connectivity index is 2.22. The minimum Gasteiger partial charge on any atom is -0.389 e. The highest BCUT2D eigenvalue weighted by Gasteiger charge is 2.23. The third-order valence-corrected chi connectivity index (χ3v) is 4.63. The van der Waals surface area contributed by atoms with E-state index in [1.165, 1.54) is 6.42 Å². The normalized spacial score (nSPS) is 17.8. The second kappa shape index (κ2) is 6.71. The second-order valence-electron chi connectivity index (χ2n) is 5.89. The summed E-state index contributed by atoms with van der Waals surface area (Å²) in [5, 5.41) is 0. The molecule has 116 valence electrons. The fraction of sp³-hybridized carbons (Fsp3) is 0.625. The van der Waals surface area contributed by atoms with Gasteiger partial charge in [-0.25, -0.2) is 0 Å². The lowest BCUT2D eigenvalue weighted by Crippen LogP contribution is -2.50. The summed E-state index contributed by atoms with van der Waals surface area (Å²) in [6.07, 6.45) is 1.20. The van der Waals surface area contributed by atoms with Crippen LogP contribution in [0, 0.1) is 13.8 Å². The maximum absolute atomic E-state index is 5.92. The smallest absolute Gasteiger partial charge is 0.107 e. The molecule has 1 saturated heterocycles. The lowest BCUT2D eigenvalue weighted by Gasteiger charge is -2.39. The van der Waals surface area contributed by atoms with Crippen LogP contribution in [0.25, 0.3) is 0 Å². The molecule has 0 bridgehead atoms. The number of pyridine rings is 1. The molecule has 2 heterocycles. The third-order valence-electron chi connectivity index (χ3n) is 4.42. The Morgan fingerprint density at radius 1 is 1.33 bits per heavy atom. The van der Waals surface area contributed by atoms with Crippen molar-refractivity contribution in [1.29, 1.82) is 0 Å². The van der Waals surface area contributed by atoms with E-state index in [-0.39, 0.29) is 0 Å². The van der Waals surface area contributed by atoms with E-state index in [9.17, 15) is 0 Å². The average molecular weight is 306 g/mol. The molecule has 0 aromatic carbocycles. The first-order chi connectivity index (χ1) is 9.93. The van der Waals surface area contributed by atoms with Crippen molar-refractivity contribution in [2.75, 3.05) is 31.1 Å². The molecule has 1 fully saturated rings. The van der Waals surface area contributed by atoms with Gasteiger partial charge in [-0.3, -0.25) is 9.88 Å². The third kappa shape index (κ3) is 3.52. The van der Waals surface area contributed by atoms with Crippen molar-refractivity contribution in [3.63, 3.8) is 0 Å². The SMILES string of the molecule is CCC(C)N1CCN(c2cc(C)nc(C)c2C(N)=S)CC1. The minimum atomic E-state index is 0.444. The number of nitrogens with zero attached hydrogens (tertiary/aromatic N) is 3. The molecular formula is C16H26N4S. The molecule has 0 aliphatic carbocycles. The van der Waals surface area contributed by atoms with Crippen LogP contribution in [0.2, 0.25) is 0 Å². The summed E-state index contributed by atoms with van der Waals surface area (Å²) in [4.78, 5) is 9.90. The van der Waals surface area contributed by atoms with Gasteiger partial charge in [-0.05, 0) is 33.3 Å². The molecule has 1 aliphatic rings. The van der Waals surface area contributed by atoms with Gasteiger partial charge in [0.05, 0.1) is 11.3 Å². The monoisotopic (exact) mass is 306 g/mol. The Labute approximate surface area is 133 Å². The van der Waals surface area contributed by atoms with Gasteiger partial charge in [0.25, 0.3) is 0 Å². The van der Waals surface area contributed by atoms with Crippen LogP contribution in [0.3, 0.4) is 0 Å². The summed E-state index contributed by atoms with van der Waals surface area (Å²) < 4.78 is 0. The van der Waals surface area contributed by atoms with Crippen LogP contribution < -0.4 is 10.6 Å². The summed E-state index contributed by atoms with van der Waals surface area (Å²) >= 11 is 5.23. The highest BCUT2D eigenvalue weighted by molar-refractivity contribution is 7.80. The molecule has 2 N–H and O–H groups in total. The van der Waals surface area contributed by atoms with Crippen LogP contribution in [-0.4, -0.2) is 47.1 Å². The largest absolute Gasteiger partial charge is 0.389 e. The molecule has 4 nitrogen and oxygen atoms in total. The van der Waals surface area contributed by atoms with Gasteiger partial charge in [0.15, 0.2) is 0 Å². The van der Waals surface area contributed by atoms with E-state index in [2.05, 4.69) is 34.7 Å². The van der Waals surface area contributed by atoms with E-state index in [0.717, 1.165) is 48.8 Å². The van der Waals surface area contributed by atoms with Gasteiger partial charge in [-0.2, -0.15) is 0 Å². The quantitative estimate of drug-likeness (QED) is 0.865. The van der Waals surface area contributed by atoms with Crippen molar-refractivity contribution in [3.8, 4) is 0 Å². The molecule has 2 rings (SSSR count). The number of aromatic nitrogens is 1. The lowest BCUT2D eigenvalue weighted by molar-refractivity contribution is 0.193. The highest BCUT2D eigenvalue weighted by Crippen LogP contribution is 2.25. The minimum absolute atomic E-state index is 0.444. The van der Waals surface area contributed by atoms with Crippen molar-refractivity contribution in [1.82, 2.24) is 9.88 Å². The fourth-order valence-electron chi connectivity index (χ4n) is 3.02. The first-order valence-corrected chi connectivity index (χ1v) is 8.12. The van der Waals surface area contributed by atoms with E-state index in [1.807, 2.05) is 13.8 Å². The van der Waals surface area contributed by atoms with Gasteiger partial charge in [-0.15, -0.1) is 0 Å². The zero-order valence-corrected chi connectivity index (χ0v) is 14.3. The molecule has 5 heteroatoms. The van der Waals surface area contributed by atoms with Gasteiger partial charge in [0, 0.05) is 43.6 Å². The molecular weight excluding hydrogens is 280 g/mol. The van der Waals surface area contributed by atoms with E-state index in [0.29, 0.717) is 11.0 Å². The van der Waals surface area contributed by atoms with Gasteiger partial charge in [0.1, 0.15) is 4.99 Å². The van der Waals surface area contributed by atoms with Crippen molar-refractivity contribution in [2.45, 2.75) is 40.2 Å². The van der Waals surface area contributed by atoms with E-state index >= 15 is 0 Å². The molecule has 1 aromatic rings. The Hall–Kier alpha value is -1.20. The van der Waals surface area contributed by atoms with Crippen molar-refractivity contribution >= 4 is 22.9 Å². The number of aryl methyl sites for hydroxylation is 2. The van der Waals surface area contributed by atoms with Gasteiger partial charge in [0.2, 0.25) is 0 Å². The zero-order chi connectivity index (χ0) is 15.6. The topological polar surface area (TPSA) is 45.4 Å². The first kappa shape index (κ1) is 16.2. The molecule has 1 aromatic heterocycles. The van der Waals surface area contributed by atoms with Crippen molar-refractivity contribution < 1.29 is 0 Å². The number of hydrogen-bond acceptors (Lipinski definition) is 4. The first-order valence-electron chi connectivity index (χ1n) is 7.71. The predicted octanol–water partition coefficient (Wildman–Crippen LogP) is 2.25. The Morgan fingerprint density at radius 2 is 1.95 bits per heavy atom. The summed E-state index contributed by atoms with van der Waals surface area (Å²) in [7, 11) is 0. The fourth-order valence-corrected chi connectivity index (χ4v) is 3.28. The van der Waals surface area contributed by atoms with Gasteiger partial charge in [-0.1, -0.05) is 19.1 Å². The Bertz CT molecular complexity index is 521. The second-order valence-corrected chi connectivity index (χ2v) is 6.33. The Kier molecular flexibility index (Phi) is 5.17. The number of thiocarbonyl (C=S) groups is 1. The van der Waals surface area contributed by atoms with Crippen molar-refractivity contribution in [2.24, 2.45) is 5.73 Å². The number of hydrogen-bond donors (Lipinski definition) is 1. The zero-order valence-electron chi connectivity index (χ0n) is 13.5. The highest BCUT2D eigenvalue weighted by atomic mass is 32.1. The van der Waals surface area contributed by atoms with E-state index < -0.39 is 0 Å². The number of rotatable bonds is 4. The van der Waals surface area contributed by atoms with Crippen LogP contribution in [0.15, 0.2) is 6.07 Å².